The summed E-state index contributed by atoms with van der Waals surface area (Å²) in [6.45, 7) is 6.74. The van der Waals surface area contributed by atoms with Crippen molar-refractivity contribution in [3.05, 3.63) is 65.5 Å². The van der Waals surface area contributed by atoms with Crippen LogP contribution in [-0.2, 0) is 20.7 Å². The lowest BCUT2D eigenvalue weighted by Crippen LogP contribution is -2.34. The average Bonchev–Trinajstić information content (AvgIpc) is 2.79. The van der Waals surface area contributed by atoms with Gasteiger partial charge in [-0.1, -0.05) is 36.4 Å². The first kappa shape index (κ1) is 24.6. The number of hydrogen-bond donors (Lipinski definition) is 2. The lowest BCUT2D eigenvalue weighted by Gasteiger charge is -2.23. The van der Waals surface area contributed by atoms with Crippen LogP contribution in [0.5, 0.6) is 11.5 Å². The normalized spacial score (nSPS) is 13.0. The number of rotatable bonds is 10. The molecule has 2 atom stereocenters. The van der Waals surface area contributed by atoms with Crippen molar-refractivity contribution >= 4 is 31.6 Å². The fourth-order valence-corrected chi connectivity index (χ4v) is 4.22. The molecule has 0 aliphatic rings. The maximum absolute atomic E-state index is 12.3. The summed E-state index contributed by atoms with van der Waals surface area (Å²) < 4.78 is 17.4. The van der Waals surface area contributed by atoms with E-state index in [2.05, 4.69) is 10.1 Å². The van der Waals surface area contributed by atoms with Crippen molar-refractivity contribution in [2.24, 2.45) is 0 Å². The van der Waals surface area contributed by atoms with Crippen LogP contribution < -0.4 is 9.61 Å². The summed E-state index contributed by atoms with van der Waals surface area (Å²) in [6, 6.07) is 12.7. The number of aryl methyl sites for hydroxylation is 1. The molecule has 0 saturated carbocycles. The van der Waals surface area contributed by atoms with Gasteiger partial charge in [-0.3, -0.25) is 14.6 Å². The number of aromatic hydroxyl groups is 1. The standard InChI is InChI=1S/C24H27N2O6P/c1-15(2)31-24(29)17(4)26-33(30-14-19-12-25-16(3)23(28)21(19)13-27)32-22-11-7-9-18-8-5-6-10-20(18)22/h5-13,15,17,26,28H,14H2,1-4H3. The fraction of sp³-hybridized carbons (Fsp3) is 0.292. The highest BCUT2D eigenvalue weighted by molar-refractivity contribution is 7.45. The third kappa shape index (κ3) is 6.26. The number of carbonyl (C=O) groups is 2. The van der Waals surface area contributed by atoms with Crippen molar-refractivity contribution in [3.63, 3.8) is 0 Å². The van der Waals surface area contributed by atoms with Crippen molar-refractivity contribution in [1.82, 2.24) is 10.1 Å². The van der Waals surface area contributed by atoms with Crippen molar-refractivity contribution in [2.75, 3.05) is 0 Å². The number of aldehydes is 1. The van der Waals surface area contributed by atoms with Crippen LogP contribution in [0.25, 0.3) is 10.8 Å². The molecule has 9 heteroatoms. The van der Waals surface area contributed by atoms with Gasteiger partial charge in [0, 0.05) is 17.1 Å². The smallest absolute Gasteiger partial charge is 0.323 e. The molecule has 0 aliphatic heterocycles. The molecule has 2 aromatic carbocycles. The maximum atomic E-state index is 12.3. The number of benzene rings is 2. The maximum Gasteiger partial charge on any atom is 0.323 e. The minimum Gasteiger partial charge on any atom is -0.505 e. The summed E-state index contributed by atoms with van der Waals surface area (Å²) in [5, 5.41) is 15.1. The number of hydrogen-bond acceptors (Lipinski definition) is 8. The quantitative estimate of drug-likeness (QED) is 0.247. The van der Waals surface area contributed by atoms with Gasteiger partial charge in [-0.25, -0.2) is 5.09 Å². The van der Waals surface area contributed by atoms with Crippen molar-refractivity contribution in [2.45, 2.75) is 46.4 Å². The van der Waals surface area contributed by atoms with E-state index in [1.165, 1.54) is 6.20 Å². The first-order valence-electron chi connectivity index (χ1n) is 10.5. The molecule has 0 bridgehead atoms. The highest BCUT2D eigenvalue weighted by Crippen LogP contribution is 2.40. The molecule has 0 saturated heterocycles. The summed E-state index contributed by atoms with van der Waals surface area (Å²) >= 11 is 0. The molecular weight excluding hydrogens is 443 g/mol. The third-order valence-electron chi connectivity index (χ3n) is 4.75. The number of fused-ring (bicyclic) bond motifs is 1. The Kier molecular flexibility index (Phi) is 8.33. The van der Waals surface area contributed by atoms with Crippen LogP contribution in [-0.4, -0.2) is 34.5 Å². The molecule has 33 heavy (non-hydrogen) atoms. The predicted molar refractivity (Wildman–Crippen MR) is 126 cm³/mol. The van der Waals surface area contributed by atoms with Gasteiger partial charge >= 0.3 is 14.5 Å². The van der Waals surface area contributed by atoms with E-state index in [1.807, 2.05) is 42.5 Å². The van der Waals surface area contributed by atoms with Gasteiger partial charge in [0.1, 0.15) is 17.5 Å². The van der Waals surface area contributed by atoms with Crippen molar-refractivity contribution < 1.29 is 28.5 Å². The molecule has 2 N–H and O–H groups in total. The Hall–Kier alpha value is -3.06. The highest BCUT2D eigenvalue weighted by Gasteiger charge is 2.24. The van der Waals surface area contributed by atoms with Crippen LogP contribution in [0.4, 0.5) is 0 Å². The SMILES string of the molecule is Cc1ncc(COP(NC(C)C(=O)OC(C)C)Oc2cccc3ccccc23)c(C=O)c1O. The van der Waals surface area contributed by atoms with Gasteiger partial charge in [0.25, 0.3) is 0 Å². The molecular formula is C24H27N2O6P. The number of carbonyl (C=O) groups excluding carboxylic acids is 2. The summed E-state index contributed by atoms with van der Waals surface area (Å²) in [4.78, 5) is 27.9. The third-order valence-corrected chi connectivity index (χ3v) is 6.07. The summed E-state index contributed by atoms with van der Waals surface area (Å²) in [7, 11) is -1.84. The van der Waals surface area contributed by atoms with Crippen LogP contribution in [0.2, 0.25) is 0 Å². The van der Waals surface area contributed by atoms with Gasteiger partial charge < -0.3 is 18.9 Å². The highest BCUT2D eigenvalue weighted by atomic mass is 31.2. The van der Waals surface area contributed by atoms with E-state index in [1.54, 1.807) is 27.7 Å². The molecule has 1 heterocycles. The predicted octanol–water partition coefficient (Wildman–Crippen LogP) is 4.81. The second-order valence-electron chi connectivity index (χ2n) is 7.68. The van der Waals surface area contributed by atoms with Gasteiger partial charge in [0.15, 0.2) is 6.29 Å². The molecule has 0 radical (unpaired) electrons. The number of ether oxygens (including phenoxy) is 1. The minimum atomic E-state index is -1.84. The Morgan fingerprint density at radius 3 is 2.64 bits per heavy atom. The average molecular weight is 470 g/mol. The zero-order valence-electron chi connectivity index (χ0n) is 18.9. The van der Waals surface area contributed by atoms with Gasteiger partial charge in [0.2, 0.25) is 0 Å². The van der Waals surface area contributed by atoms with Crippen molar-refractivity contribution in [1.29, 1.82) is 0 Å². The Labute approximate surface area is 193 Å². The first-order valence-corrected chi connectivity index (χ1v) is 11.7. The number of nitrogens with zero attached hydrogens (tertiary/aromatic N) is 1. The van der Waals surface area contributed by atoms with Gasteiger partial charge in [-0.15, -0.1) is 0 Å². The second kappa shape index (κ2) is 11.2. The molecule has 174 valence electrons. The Balaban J connectivity index is 1.84. The zero-order chi connectivity index (χ0) is 24.0. The van der Waals surface area contributed by atoms with Gasteiger partial charge in [0.05, 0.1) is 24.0 Å². The number of esters is 1. The molecule has 8 nitrogen and oxygen atoms in total. The molecule has 0 aliphatic carbocycles. The lowest BCUT2D eigenvalue weighted by atomic mass is 10.1. The monoisotopic (exact) mass is 470 g/mol. The lowest BCUT2D eigenvalue weighted by molar-refractivity contribution is -0.149. The van der Waals surface area contributed by atoms with Crippen LogP contribution in [0.1, 0.15) is 42.4 Å². The number of nitrogens with one attached hydrogen (secondary N) is 1. The molecule has 0 spiro atoms. The van der Waals surface area contributed by atoms with Crippen molar-refractivity contribution in [3.8, 4) is 11.5 Å². The topological polar surface area (TPSA) is 107 Å². The van der Waals surface area contributed by atoms with Gasteiger partial charge in [-0.05, 0) is 39.1 Å². The van der Waals surface area contributed by atoms with E-state index < -0.39 is 20.5 Å². The molecule has 0 amide bonds. The zero-order valence-corrected chi connectivity index (χ0v) is 19.8. The van der Waals surface area contributed by atoms with Crippen LogP contribution in [0.3, 0.4) is 0 Å². The van der Waals surface area contributed by atoms with E-state index in [0.29, 0.717) is 23.3 Å². The molecule has 1 aromatic heterocycles. The Morgan fingerprint density at radius 2 is 1.91 bits per heavy atom. The minimum absolute atomic E-state index is 0.0651. The van der Waals surface area contributed by atoms with Crippen LogP contribution in [0.15, 0.2) is 48.7 Å². The fourth-order valence-electron chi connectivity index (χ4n) is 3.03. The first-order chi connectivity index (χ1) is 15.8. The van der Waals surface area contributed by atoms with Crippen LogP contribution >= 0.6 is 8.53 Å². The molecule has 3 aromatic rings. The number of aromatic nitrogens is 1. The van der Waals surface area contributed by atoms with Crippen LogP contribution in [0, 0.1) is 6.92 Å². The van der Waals surface area contributed by atoms with E-state index in [9.17, 15) is 14.7 Å². The van der Waals surface area contributed by atoms with E-state index in [-0.39, 0.29) is 24.0 Å². The Morgan fingerprint density at radius 1 is 1.18 bits per heavy atom. The summed E-state index contributed by atoms with van der Waals surface area (Å²) in [5.41, 5.74) is 0.856. The van der Waals surface area contributed by atoms with E-state index in [0.717, 1.165) is 10.8 Å². The summed E-state index contributed by atoms with van der Waals surface area (Å²) in [6.07, 6.45) is 1.78. The Bertz CT molecular complexity index is 1130. The second-order valence-corrected chi connectivity index (χ2v) is 8.90. The largest absolute Gasteiger partial charge is 0.505 e. The molecule has 0 fully saturated rings. The van der Waals surface area contributed by atoms with E-state index in [4.69, 9.17) is 13.8 Å². The molecule has 2 unspecified atom stereocenters. The summed E-state index contributed by atoms with van der Waals surface area (Å²) in [5.74, 6) is -0.0466. The number of pyridine rings is 1. The molecule has 3 rings (SSSR count). The van der Waals surface area contributed by atoms with Gasteiger partial charge in [-0.2, -0.15) is 0 Å². The van der Waals surface area contributed by atoms with E-state index >= 15 is 0 Å².